The molecule has 2 heterocycles. The quantitative estimate of drug-likeness (QED) is 0.347. The minimum absolute atomic E-state index is 0.104. The lowest BCUT2D eigenvalue weighted by Crippen LogP contribution is -2.60. The normalized spacial score (nSPS) is 26.4. The van der Waals surface area contributed by atoms with E-state index in [-0.39, 0.29) is 17.1 Å². The highest BCUT2D eigenvalue weighted by molar-refractivity contribution is 6.09. The monoisotopic (exact) mass is 432 g/mol. The van der Waals surface area contributed by atoms with Crippen molar-refractivity contribution in [1.82, 2.24) is 0 Å². The van der Waals surface area contributed by atoms with E-state index in [4.69, 9.17) is 18.6 Å². The van der Waals surface area contributed by atoms with Crippen LogP contribution in [0.1, 0.15) is 11.1 Å². The van der Waals surface area contributed by atoms with E-state index in [0.717, 1.165) is 11.1 Å². The summed E-state index contributed by atoms with van der Waals surface area (Å²) in [5.74, 6) is 0.213. The average Bonchev–Trinajstić information content (AvgIpc) is 2.74. The number of rotatable bonds is 4. The molecule has 0 unspecified atom stereocenters. The van der Waals surface area contributed by atoms with Gasteiger partial charge >= 0.3 is 5.63 Å². The van der Waals surface area contributed by atoms with Gasteiger partial charge < -0.3 is 39.1 Å². The van der Waals surface area contributed by atoms with Gasteiger partial charge in [-0.1, -0.05) is 18.2 Å². The Morgan fingerprint density at radius 1 is 1.03 bits per heavy atom. The first-order valence-corrected chi connectivity index (χ1v) is 9.79. The van der Waals surface area contributed by atoms with Crippen molar-refractivity contribution in [3.8, 4) is 11.5 Å². The zero-order valence-electron chi connectivity index (χ0n) is 17.2. The summed E-state index contributed by atoms with van der Waals surface area (Å²) in [6.45, 7) is 3.05. The number of ether oxygens (including phenoxy) is 3. The molecule has 0 saturated carbocycles. The molecule has 1 aromatic heterocycles. The third kappa shape index (κ3) is 3.44. The first kappa shape index (κ1) is 21.5. The van der Waals surface area contributed by atoms with Gasteiger partial charge in [-0.3, -0.25) is 0 Å². The van der Waals surface area contributed by atoms with E-state index in [1.54, 1.807) is 6.07 Å². The summed E-state index contributed by atoms with van der Waals surface area (Å²) < 4.78 is 22.3. The molecule has 0 spiro atoms. The van der Waals surface area contributed by atoms with Crippen LogP contribution in [0.25, 0.3) is 21.7 Å². The SMILES string of the molecule is COc1c(O[C@@H]2O[C@H](CO)[C@@H](O)[C@H](O)[C@H]2O)cc(C)c2c1oc(=O)c1c(C)cccc12. The molecule has 9 nitrogen and oxygen atoms in total. The maximum Gasteiger partial charge on any atom is 0.344 e. The number of hydrogen-bond acceptors (Lipinski definition) is 9. The molecule has 1 aliphatic heterocycles. The van der Waals surface area contributed by atoms with Crippen LogP contribution in [0.5, 0.6) is 11.5 Å². The number of fused-ring (bicyclic) bond motifs is 3. The Morgan fingerprint density at radius 3 is 2.45 bits per heavy atom. The minimum Gasteiger partial charge on any atom is -0.490 e. The summed E-state index contributed by atoms with van der Waals surface area (Å²) in [5.41, 5.74) is 1.15. The molecule has 1 fully saturated rings. The molecular weight excluding hydrogens is 408 g/mol. The first-order valence-electron chi connectivity index (χ1n) is 9.79. The van der Waals surface area contributed by atoms with Crippen molar-refractivity contribution in [3.05, 3.63) is 45.8 Å². The lowest BCUT2D eigenvalue weighted by Gasteiger charge is -2.39. The van der Waals surface area contributed by atoms with Crippen molar-refractivity contribution < 1.29 is 39.1 Å². The van der Waals surface area contributed by atoms with E-state index < -0.39 is 42.9 Å². The summed E-state index contributed by atoms with van der Waals surface area (Å²) in [7, 11) is 1.38. The van der Waals surface area contributed by atoms with Crippen molar-refractivity contribution in [2.24, 2.45) is 0 Å². The lowest BCUT2D eigenvalue weighted by atomic mass is 9.99. The fourth-order valence-electron chi connectivity index (χ4n) is 4.03. The van der Waals surface area contributed by atoms with Crippen LogP contribution in [-0.2, 0) is 4.74 Å². The molecule has 31 heavy (non-hydrogen) atoms. The van der Waals surface area contributed by atoms with Gasteiger partial charge in [0.2, 0.25) is 12.0 Å². The predicted octanol–water partition coefficient (Wildman–Crippen LogP) is 0.750. The Kier molecular flexibility index (Phi) is 5.63. The summed E-state index contributed by atoms with van der Waals surface area (Å²) in [6.07, 6.45) is -7.22. The van der Waals surface area contributed by atoms with Crippen LogP contribution in [0.2, 0.25) is 0 Å². The molecule has 0 aliphatic carbocycles. The van der Waals surface area contributed by atoms with E-state index in [0.29, 0.717) is 16.2 Å². The standard InChI is InChI=1S/C22H24O9/c1-9-5-4-6-11-14-10(2)7-12(19(28-3)20(14)31-21(27)15(9)11)29-22-18(26)17(25)16(24)13(8-23)30-22/h4-7,13,16-18,22-26H,8H2,1-3H3/t13-,16-,17+,18-,22-/m1/s1. The number of hydrogen-bond donors (Lipinski definition) is 4. The maximum atomic E-state index is 12.7. The topological polar surface area (TPSA) is 139 Å². The fourth-order valence-corrected chi connectivity index (χ4v) is 4.03. The van der Waals surface area contributed by atoms with Gasteiger partial charge in [0.15, 0.2) is 11.3 Å². The van der Waals surface area contributed by atoms with Gasteiger partial charge in [-0.25, -0.2) is 4.79 Å². The molecule has 9 heteroatoms. The molecule has 3 aromatic rings. The Hall–Kier alpha value is -2.69. The lowest BCUT2D eigenvalue weighted by molar-refractivity contribution is -0.277. The van der Waals surface area contributed by atoms with Crippen LogP contribution in [0.3, 0.4) is 0 Å². The van der Waals surface area contributed by atoms with Crippen molar-refractivity contribution in [2.45, 2.75) is 44.6 Å². The summed E-state index contributed by atoms with van der Waals surface area (Å²) in [6, 6.07) is 7.14. The van der Waals surface area contributed by atoms with Crippen molar-refractivity contribution in [3.63, 3.8) is 0 Å². The highest BCUT2D eigenvalue weighted by atomic mass is 16.7. The predicted molar refractivity (Wildman–Crippen MR) is 110 cm³/mol. The molecule has 4 N–H and O–H groups in total. The number of benzene rings is 2. The second-order valence-electron chi connectivity index (χ2n) is 7.63. The van der Waals surface area contributed by atoms with Crippen LogP contribution >= 0.6 is 0 Å². The molecule has 2 aromatic carbocycles. The largest absolute Gasteiger partial charge is 0.490 e. The van der Waals surface area contributed by atoms with Crippen molar-refractivity contribution in [1.29, 1.82) is 0 Å². The summed E-state index contributed by atoms with van der Waals surface area (Å²) in [4.78, 5) is 12.7. The first-order chi connectivity index (χ1) is 14.8. The number of aryl methyl sites for hydroxylation is 2. The van der Waals surface area contributed by atoms with Gasteiger partial charge in [0, 0.05) is 10.8 Å². The Morgan fingerprint density at radius 2 is 1.77 bits per heavy atom. The summed E-state index contributed by atoms with van der Waals surface area (Å²) in [5, 5.41) is 41.5. The number of aliphatic hydroxyl groups is 4. The third-order valence-corrected chi connectivity index (χ3v) is 5.64. The molecule has 1 aliphatic rings. The Bertz CT molecular complexity index is 1180. The van der Waals surface area contributed by atoms with Crippen LogP contribution in [0.15, 0.2) is 33.5 Å². The van der Waals surface area contributed by atoms with Crippen molar-refractivity contribution in [2.75, 3.05) is 13.7 Å². The molecule has 166 valence electrons. The Labute approximate surface area is 177 Å². The van der Waals surface area contributed by atoms with E-state index in [2.05, 4.69) is 0 Å². The molecule has 5 atom stereocenters. The second-order valence-corrected chi connectivity index (χ2v) is 7.63. The smallest absolute Gasteiger partial charge is 0.344 e. The molecule has 0 bridgehead atoms. The van der Waals surface area contributed by atoms with E-state index >= 15 is 0 Å². The number of aliphatic hydroxyl groups excluding tert-OH is 4. The zero-order chi connectivity index (χ0) is 22.4. The van der Waals surface area contributed by atoms with Crippen LogP contribution in [0.4, 0.5) is 0 Å². The van der Waals surface area contributed by atoms with Crippen LogP contribution in [-0.4, -0.2) is 64.8 Å². The highest BCUT2D eigenvalue weighted by Crippen LogP contribution is 2.41. The third-order valence-electron chi connectivity index (χ3n) is 5.64. The molecular formula is C22H24O9. The molecule has 0 amide bonds. The van der Waals surface area contributed by atoms with E-state index in [1.165, 1.54) is 7.11 Å². The van der Waals surface area contributed by atoms with Gasteiger partial charge in [0.25, 0.3) is 0 Å². The van der Waals surface area contributed by atoms with Crippen LogP contribution in [0, 0.1) is 13.8 Å². The van der Waals surface area contributed by atoms with Crippen molar-refractivity contribution >= 4 is 21.7 Å². The molecule has 4 rings (SSSR count). The fraction of sp³-hybridized carbons (Fsp3) is 0.409. The number of methoxy groups -OCH3 is 1. The van der Waals surface area contributed by atoms with Gasteiger partial charge in [-0.05, 0) is 31.0 Å². The molecule has 1 saturated heterocycles. The zero-order valence-corrected chi connectivity index (χ0v) is 17.2. The highest BCUT2D eigenvalue weighted by Gasteiger charge is 2.45. The average molecular weight is 432 g/mol. The van der Waals surface area contributed by atoms with Gasteiger partial charge in [-0.2, -0.15) is 0 Å². The summed E-state index contributed by atoms with van der Waals surface area (Å²) >= 11 is 0. The maximum absolute atomic E-state index is 12.7. The molecule has 0 radical (unpaired) electrons. The van der Waals surface area contributed by atoms with E-state index in [1.807, 2.05) is 32.0 Å². The van der Waals surface area contributed by atoms with Gasteiger partial charge in [-0.15, -0.1) is 0 Å². The second kappa shape index (κ2) is 8.10. The van der Waals surface area contributed by atoms with Crippen LogP contribution < -0.4 is 15.1 Å². The minimum atomic E-state index is -1.59. The van der Waals surface area contributed by atoms with E-state index in [9.17, 15) is 25.2 Å². The van der Waals surface area contributed by atoms with Gasteiger partial charge in [0.05, 0.1) is 19.1 Å². The van der Waals surface area contributed by atoms with Gasteiger partial charge in [0.1, 0.15) is 24.4 Å². The Balaban J connectivity index is 1.86.